The summed E-state index contributed by atoms with van der Waals surface area (Å²) in [6, 6.07) is 6.57. The summed E-state index contributed by atoms with van der Waals surface area (Å²) in [7, 11) is 0. The van der Waals surface area contributed by atoms with Gasteiger partial charge in [-0.1, -0.05) is 19.9 Å². The van der Waals surface area contributed by atoms with Gasteiger partial charge in [-0.15, -0.1) is 0 Å². The molecule has 0 aromatic heterocycles. The highest BCUT2D eigenvalue weighted by atomic mass is 32.2. The Morgan fingerprint density at radius 1 is 1.42 bits per heavy atom. The second-order valence-corrected chi connectivity index (χ2v) is 6.48. The zero-order valence-electron chi connectivity index (χ0n) is 11.8. The number of thioether (sulfide) groups is 1. The maximum atomic E-state index is 11.5. The van der Waals surface area contributed by atoms with E-state index < -0.39 is 0 Å². The highest BCUT2D eigenvalue weighted by Gasteiger charge is 2.24. The molecule has 1 aromatic rings. The molecule has 19 heavy (non-hydrogen) atoms. The third-order valence-electron chi connectivity index (χ3n) is 3.65. The van der Waals surface area contributed by atoms with Crippen molar-refractivity contribution in [3.05, 3.63) is 23.8 Å². The van der Waals surface area contributed by atoms with Crippen molar-refractivity contribution >= 4 is 29.0 Å². The Bertz CT molecular complexity index is 461. The molecule has 1 fully saturated rings. The molecule has 0 radical (unpaired) electrons. The van der Waals surface area contributed by atoms with Crippen molar-refractivity contribution in [2.75, 3.05) is 16.4 Å². The van der Waals surface area contributed by atoms with Crippen LogP contribution in [0.25, 0.3) is 0 Å². The van der Waals surface area contributed by atoms with E-state index in [4.69, 9.17) is 0 Å². The van der Waals surface area contributed by atoms with Gasteiger partial charge in [-0.25, -0.2) is 0 Å². The SMILES string of the molecule is CCC(=O)Nc1cccc(NC2CCSC2C)c1C. The Hall–Kier alpha value is -1.16. The molecule has 2 N–H and O–H groups in total. The van der Waals surface area contributed by atoms with E-state index in [0.29, 0.717) is 17.7 Å². The van der Waals surface area contributed by atoms with Crippen molar-refractivity contribution in [2.45, 2.75) is 44.9 Å². The zero-order valence-corrected chi connectivity index (χ0v) is 12.6. The minimum atomic E-state index is 0.0602. The van der Waals surface area contributed by atoms with Crippen LogP contribution >= 0.6 is 11.8 Å². The van der Waals surface area contributed by atoms with Crippen molar-refractivity contribution in [3.8, 4) is 0 Å². The van der Waals surface area contributed by atoms with E-state index in [-0.39, 0.29) is 5.91 Å². The second kappa shape index (κ2) is 6.33. The second-order valence-electron chi connectivity index (χ2n) is 5.00. The summed E-state index contributed by atoms with van der Waals surface area (Å²) in [6.07, 6.45) is 1.71. The molecule has 3 nitrogen and oxygen atoms in total. The van der Waals surface area contributed by atoms with Crippen LogP contribution in [0.3, 0.4) is 0 Å². The van der Waals surface area contributed by atoms with Crippen LogP contribution in [-0.4, -0.2) is 23.0 Å². The molecule has 104 valence electrons. The third-order valence-corrected chi connectivity index (χ3v) is 4.97. The molecule has 1 saturated heterocycles. The van der Waals surface area contributed by atoms with E-state index >= 15 is 0 Å². The normalized spacial score (nSPS) is 22.3. The van der Waals surface area contributed by atoms with Crippen molar-refractivity contribution < 1.29 is 4.79 Å². The Morgan fingerprint density at radius 3 is 2.79 bits per heavy atom. The number of hydrogen-bond donors (Lipinski definition) is 2. The average molecular weight is 278 g/mol. The number of rotatable bonds is 4. The van der Waals surface area contributed by atoms with Gasteiger partial charge in [0.1, 0.15) is 0 Å². The van der Waals surface area contributed by atoms with Gasteiger partial charge >= 0.3 is 0 Å². The lowest BCUT2D eigenvalue weighted by molar-refractivity contribution is -0.115. The highest BCUT2D eigenvalue weighted by Crippen LogP contribution is 2.31. The Balaban J connectivity index is 2.12. The lowest BCUT2D eigenvalue weighted by Crippen LogP contribution is -2.25. The first-order valence-electron chi connectivity index (χ1n) is 6.89. The fourth-order valence-corrected chi connectivity index (χ4v) is 3.49. The molecule has 2 rings (SSSR count). The fourth-order valence-electron chi connectivity index (χ4n) is 2.29. The molecule has 0 spiro atoms. The molecule has 1 aliphatic rings. The summed E-state index contributed by atoms with van der Waals surface area (Å²) in [6.45, 7) is 6.19. The number of benzene rings is 1. The molecule has 0 bridgehead atoms. The molecule has 2 unspecified atom stereocenters. The molecule has 1 heterocycles. The van der Waals surface area contributed by atoms with E-state index in [1.807, 2.05) is 30.8 Å². The van der Waals surface area contributed by atoms with E-state index in [2.05, 4.69) is 30.5 Å². The number of carbonyl (C=O) groups excluding carboxylic acids is 1. The van der Waals surface area contributed by atoms with E-state index in [1.165, 1.54) is 12.2 Å². The van der Waals surface area contributed by atoms with Gasteiger partial charge in [0.25, 0.3) is 0 Å². The molecule has 1 amide bonds. The predicted octanol–water partition coefficient (Wildman–Crippen LogP) is 3.65. The first-order valence-corrected chi connectivity index (χ1v) is 7.94. The maximum absolute atomic E-state index is 11.5. The Kier molecular flexibility index (Phi) is 4.75. The van der Waals surface area contributed by atoms with Crippen molar-refractivity contribution in [1.29, 1.82) is 0 Å². The molecule has 0 saturated carbocycles. The summed E-state index contributed by atoms with van der Waals surface area (Å²) in [5.41, 5.74) is 3.16. The van der Waals surface area contributed by atoms with Gasteiger partial charge in [0.15, 0.2) is 0 Å². The van der Waals surface area contributed by atoms with E-state index in [0.717, 1.165) is 16.9 Å². The number of nitrogens with one attached hydrogen (secondary N) is 2. The van der Waals surface area contributed by atoms with Crippen LogP contribution in [0.2, 0.25) is 0 Å². The highest BCUT2D eigenvalue weighted by molar-refractivity contribution is 8.00. The molecule has 2 atom stereocenters. The first-order chi connectivity index (χ1) is 9.11. The lowest BCUT2D eigenvalue weighted by atomic mass is 10.1. The number of hydrogen-bond acceptors (Lipinski definition) is 3. The maximum Gasteiger partial charge on any atom is 0.224 e. The minimum Gasteiger partial charge on any atom is -0.381 e. The molecule has 1 aromatic carbocycles. The quantitative estimate of drug-likeness (QED) is 0.883. The smallest absolute Gasteiger partial charge is 0.224 e. The summed E-state index contributed by atoms with van der Waals surface area (Å²) in [5, 5.41) is 7.22. The molecule has 4 heteroatoms. The van der Waals surface area contributed by atoms with Gasteiger partial charge in [0.05, 0.1) is 0 Å². The summed E-state index contributed by atoms with van der Waals surface area (Å²) in [4.78, 5) is 11.5. The van der Waals surface area contributed by atoms with Crippen LogP contribution in [-0.2, 0) is 4.79 Å². The van der Waals surface area contributed by atoms with Crippen molar-refractivity contribution in [1.82, 2.24) is 0 Å². The average Bonchev–Trinajstić information content (AvgIpc) is 2.80. The van der Waals surface area contributed by atoms with E-state index in [1.54, 1.807) is 0 Å². The van der Waals surface area contributed by atoms with Crippen LogP contribution in [0.4, 0.5) is 11.4 Å². The topological polar surface area (TPSA) is 41.1 Å². The first kappa shape index (κ1) is 14.3. The molecule has 0 aliphatic carbocycles. The van der Waals surface area contributed by atoms with Gasteiger partial charge in [-0.05, 0) is 36.8 Å². The summed E-state index contributed by atoms with van der Waals surface area (Å²) in [5.74, 6) is 1.29. The Morgan fingerprint density at radius 2 is 2.16 bits per heavy atom. The lowest BCUT2D eigenvalue weighted by Gasteiger charge is -2.21. The van der Waals surface area contributed by atoms with Gasteiger partial charge in [0.2, 0.25) is 5.91 Å². The van der Waals surface area contributed by atoms with Crippen molar-refractivity contribution in [3.63, 3.8) is 0 Å². The van der Waals surface area contributed by atoms with Crippen LogP contribution < -0.4 is 10.6 Å². The molecular formula is C15H22N2OS. The van der Waals surface area contributed by atoms with E-state index in [9.17, 15) is 4.79 Å². The van der Waals surface area contributed by atoms with Crippen LogP contribution in [0, 0.1) is 6.92 Å². The van der Waals surface area contributed by atoms with Gasteiger partial charge in [-0.3, -0.25) is 4.79 Å². The van der Waals surface area contributed by atoms with Crippen LogP contribution in [0.15, 0.2) is 18.2 Å². The summed E-state index contributed by atoms with van der Waals surface area (Å²) >= 11 is 2.02. The number of amides is 1. The standard InChI is InChI=1S/C15H22N2OS/c1-4-15(18)17-13-7-5-6-12(10(13)2)16-14-8-9-19-11(14)3/h5-7,11,14,16H,4,8-9H2,1-3H3,(H,17,18). The van der Waals surface area contributed by atoms with Crippen molar-refractivity contribution in [2.24, 2.45) is 0 Å². The number of carbonyl (C=O) groups is 1. The van der Waals surface area contributed by atoms with Gasteiger partial charge in [0, 0.05) is 29.1 Å². The predicted molar refractivity (Wildman–Crippen MR) is 84.0 cm³/mol. The fraction of sp³-hybridized carbons (Fsp3) is 0.533. The molecular weight excluding hydrogens is 256 g/mol. The van der Waals surface area contributed by atoms with Gasteiger partial charge < -0.3 is 10.6 Å². The van der Waals surface area contributed by atoms with Gasteiger partial charge in [-0.2, -0.15) is 11.8 Å². The third kappa shape index (κ3) is 3.44. The summed E-state index contributed by atoms with van der Waals surface area (Å²) < 4.78 is 0. The van der Waals surface area contributed by atoms with Crippen LogP contribution in [0.5, 0.6) is 0 Å². The number of anilines is 2. The minimum absolute atomic E-state index is 0.0602. The molecule has 1 aliphatic heterocycles. The largest absolute Gasteiger partial charge is 0.381 e. The van der Waals surface area contributed by atoms with Crippen LogP contribution in [0.1, 0.15) is 32.3 Å². The Labute approximate surface area is 119 Å². The monoisotopic (exact) mass is 278 g/mol. The zero-order chi connectivity index (χ0) is 13.8.